The SMILES string of the molecule is CCCCCCCCCCC/C=C\C/C=C\CCCCCCCCCC(=O)NC(COC1OC(CO)C(O)C(OS(=O)(=O)O)C1O)C(O)CCCCCCCCCCCCCCCC. The molecule has 64 heavy (non-hydrogen) atoms. The maximum absolute atomic E-state index is 13.1. The number of unbranched alkanes of at least 4 members (excludes halogenated alkanes) is 29. The minimum atomic E-state index is -5.08. The van der Waals surface area contributed by atoms with Gasteiger partial charge in [0.25, 0.3) is 0 Å². The van der Waals surface area contributed by atoms with Gasteiger partial charge in [-0.3, -0.25) is 9.35 Å². The van der Waals surface area contributed by atoms with Crippen LogP contribution in [-0.4, -0.2) is 95.4 Å². The first-order valence-corrected chi connectivity index (χ1v) is 27.6. The van der Waals surface area contributed by atoms with Crippen molar-refractivity contribution in [2.24, 2.45) is 0 Å². The summed E-state index contributed by atoms with van der Waals surface area (Å²) >= 11 is 0. The number of ether oxygens (including phenoxy) is 2. The molecule has 0 aromatic carbocycles. The average Bonchev–Trinajstić information content (AvgIpc) is 3.27. The average molecular weight is 932 g/mol. The summed E-state index contributed by atoms with van der Waals surface area (Å²) in [5, 5.41) is 45.0. The van der Waals surface area contributed by atoms with E-state index in [1.54, 1.807) is 0 Å². The fourth-order valence-corrected chi connectivity index (χ4v) is 8.94. The number of hydrogen-bond donors (Lipinski definition) is 6. The van der Waals surface area contributed by atoms with E-state index in [0.29, 0.717) is 12.8 Å². The van der Waals surface area contributed by atoms with Crippen LogP contribution in [-0.2, 0) is 28.9 Å². The maximum atomic E-state index is 13.1. The lowest BCUT2D eigenvalue weighted by Crippen LogP contribution is -2.61. The molecule has 1 aliphatic heterocycles. The number of carbonyl (C=O) groups is 1. The first kappa shape index (κ1) is 60.6. The van der Waals surface area contributed by atoms with Crippen LogP contribution in [0.3, 0.4) is 0 Å². The van der Waals surface area contributed by atoms with Gasteiger partial charge in [0.1, 0.15) is 24.4 Å². The van der Waals surface area contributed by atoms with E-state index in [4.69, 9.17) is 9.47 Å². The standard InChI is InChI=1S/C51H97NO11S/c1-3-5-7-9-11-13-15-17-19-20-21-22-23-24-25-26-27-29-31-33-35-37-39-41-47(55)52-44(43-61-51-49(57)50(63-64(58,59)60)48(56)46(42-53)62-51)45(54)40-38-36-34-32-30-28-18-16-14-12-10-8-6-4-2/h21-22,24-25,44-46,48-51,53-54,56-57H,3-20,23,26-43H2,1-2H3,(H,52,55)(H,58,59,60)/b22-21-,25-24-. The Labute approximate surface area is 391 Å². The van der Waals surface area contributed by atoms with Crippen molar-refractivity contribution in [2.75, 3.05) is 13.2 Å². The van der Waals surface area contributed by atoms with Gasteiger partial charge in [0.05, 0.1) is 25.4 Å². The molecule has 0 spiro atoms. The van der Waals surface area contributed by atoms with Gasteiger partial charge in [0, 0.05) is 6.42 Å². The highest BCUT2D eigenvalue weighted by molar-refractivity contribution is 7.80. The van der Waals surface area contributed by atoms with Crippen LogP contribution in [0.5, 0.6) is 0 Å². The highest BCUT2D eigenvalue weighted by atomic mass is 32.3. The molecule has 7 unspecified atom stereocenters. The quantitative estimate of drug-likeness (QED) is 0.0193. The lowest BCUT2D eigenvalue weighted by molar-refractivity contribution is -0.298. The van der Waals surface area contributed by atoms with Crippen LogP contribution in [0.1, 0.15) is 239 Å². The molecule has 0 aliphatic carbocycles. The molecule has 1 heterocycles. The van der Waals surface area contributed by atoms with Gasteiger partial charge in [0.15, 0.2) is 6.29 Å². The smallest absolute Gasteiger partial charge is 0.394 e. The van der Waals surface area contributed by atoms with Crippen LogP contribution in [0.4, 0.5) is 0 Å². The second-order valence-electron chi connectivity index (χ2n) is 18.5. The van der Waals surface area contributed by atoms with Crippen LogP contribution in [0.25, 0.3) is 0 Å². The lowest BCUT2D eigenvalue weighted by Gasteiger charge is -2.41. The molecule has 6 N–H and O–H groups in total. The van der Waals surface area contributed by atoms with Crippen LogP contribution in [0.2, 0.25) is 0 Å². The Morgan fingerprint density at radius 2 is 1.05 bits per heavy atom. The van der Waals surface area contributed by atoms with Crippen molar-refractivity contribution in [3.8, 4) is 0 Å². The summed E-state index contributed by atoms with van der Waals surface area (Å²) in [5.74, 6) is -0.236. The normalized spacial score (nSPS) is 20.4. The number of rotatable bonds is 45. The van der Waals surface area contributed by atoms with Crippen LogP contribution in [0.15, 0.2) is 24.3 Å². The molecule has 0 aromatic rings. The number of aliphatic hydroxyl groups excluding tert-OH is 4. The largest absolute Gasteiger partial charge is 0.397 e. The van der Waals surface area contributed by atoms with Crippen molar-refractivity contribution in [3.05, 3.63) is 24.3 Å². The minimum Gasteiger partial charge on any atom is -0.394 e. The molecule has 0 bridgehead atoms. The zero-order valence-corrected chi connectivity index (χ0v) is 41.4. The van der Waals surface area contributed by atoms with Crippen molar-refractivity contribution < 1.29 is 51.8 Å². The Kier molecular flexibility index (Phi) is 39.5. The van der Waals surface area contributed by atoms with E-state index in [9.17, 15) is 38.2 Å². The van der Waals surface area contributed by atoms with E-state index in [1.807, 2.05) is 0 Å². The molecule has 0 radical (unpaired) electrons. The van der Waals surface area contributed by atoms with Gasteiger partial charge in [0.2, 0.25) is 5.91 Å². The summed E-state index contributed by atoms with van der Waals surface area (Å²) in [6.07, 6.45) is 40.3. The molecule has 378 valence electrons. The molecule has 1 amide bonds. The van der Waals surface area contributed by atoms with Crippen molar-refractivity contribution in [1.82, 2.24) is 5.32 Å². The third-order valence-electron chi connectivity index (χ3n) is 12.5. The van der Waals surface area contributed by atoms with E-state index in [1.165, 1.54) is 148 Å². The van der Waals surface area contributed by atoms with Gasteiger partial charge in [-0.05, 0) is 44.9 Å². The van der Waals surface area contributed by atoms with E-state index in [2.05, 4.69) is 47.7 Å². The topological polar surface area (TPSA) is 192 Å². The summed E-state index contributed by atoms with van der Waals surface area (Å²) < 4.78 is 47.8. The highest BCUT2D eigenvalue weighted by Gasteiger charge is 2.48. The Bertz CT molecular complexity index is 1230. The van der Waals surface area contributed by atoms with Crippen molar-refractivity contribution in [1.29, 1.82) is 0 Å². The molecule has 0 saturated carbocycles. The number of nitrogens with one attached hydrogen (secondary N) is 1. The third kappa shape index (κ3) is 34.0. The third-order valence-corrected chi connectivity index (χ3v) is 13.0. The molecule has 7 atom stereocenters. The van der Waals surface area contributed by atoms with Crippen molar-refractivity contribution in [2.45, 2.75) is 281 Å². The van der Waals surface area contributed by atoms with Gasteiger partial charge in [-0.15, -0.1) is 0 Å². The predicted molar refractivity (Wildman–Crippen MR) is 259 cm³/mol. The second-order valence-corrected chi connectivity index (χ2v) is 19.5. The summed E-state index contributed by atoms with van der Waals surface area (Å²) in [4.78, 5) is 13.1. The molecular weight excluding hydrogens is 835 g/mol. The highest BCUT2D eigenvalue weighted by Crippen LogP contribution is 2.26. The fourth-order valence-electron chi connectivity index (χ4n) is 8.43. The summed E-state index contributed by atoms with van der Waals surface area (Å²) in [6, 6.07) is -0.861. The van der Waals surface area contributed by atoms with E-state index < -0.39 is 59.9 Å². The molecular formula is C51H97NO11S. The Morgan fingerprint density at radius 1 is 0.625 bits per heavy atom. The van der Waals surface area contributed by atoms with Crippen molar-refractivity contribution in [3.63, 3.8) is 0 Å². The lowest BCUT2D eigenvalue weighted by atomic mass is 9.99. The number of hydrogen-bond acceptors (Lipinski definition) is 10. The molecule has 13 heteroatoms. The second kappa shape index (κ2) is 41.7. The first-order chi connectivity index (χ1) is 31.0. The fraction of sp³-hybridized carbons (Fsp3) is 0.902. The number of carbonyl (C=O) groups excluding carboxylic acids is 1. The first-order valence-electron chi connectivity index (χ1n) is 26.2. The summed E-state index contributed by atoms with van der Waals surface area (Å²) in [6.45, 7) is 3.46. The molecule has 1 aliphatic rings. The molecule has 1 rings (SSSR count). The molecule has 1 fully saturated rings. The van der Waals surface area contributed by atoms with Crippen molar-refractivity contribution >= 4 is 16.3 Å². The Morgan fingerprint density at radius 3 is 1.48 bits per heavy atom. The van der Waals surface area contributed by atoms with E-state index in [0.717, 1.165) is 57.8 Å². The van der Waals surface area contributed by atoms with Gasteiger partial charge in [-0.1, -0.05) is 212 Å². The van der Waals surface area contributed by atoms with Crippen LogP contribution in [0, 0.1) is 0 Å². The zero-order chi connectivity index (χ0) is 46.9. The van der Waals surface area contributed by atoms with Crippen LogP contribution >= 0.6 is 0 Å². The molecule has 12 nitrogen and oxygen atoms in total. The minimum absolute atomic E-state index is 0.236. The number of aliphatic hydroxyl groups is 4. The van der Waals surface area contributed by atoms with Gasteiger partial charge in [-0.25, -0.2) is 4.18 Å². The molecule has 0 aromatic heterocycles. The summed E-state index contributed by atoms with van der Waals surface area (Å²) in [7, 11) is -5.08. The molecule has 1 saturated heterocycles. The predicted octanol–water partition coefficient (Wildman–Crippen LogP) is 11.3. The van der Waals surface area contributed by atoms with Gasteiger partial charge >= 0.3 is 10.4 Å². The van der Waals surface area contributed by atoms with E-state index in [-0.39, 0.29) is 18.9 Å². The maximum Gasteiger partial charge on any atom is 0.397 e. The van der Waals surface area contributed by atoms with Crippen LogP contribution < -0.4 is 5.32 Å². The Hall–Kier alpha value is -1.42. The Balaban J connectivity index is 2.40. The number of allylic oxidation sites excluding steroid dienone is 4. The zero-order valence-electron chi connectivity index (χ0n) is 40.6. The monoisotopic (exact) mass is 932 g/mol. The van der Waals surface area contributed by atoms with Gasteiger partial charge in [-0.2, -0.15) is 8.42 Å². The van der Waals surface area contributed by atoms with Gasteiger partial charge < -0.3 is 35.2 Å². The van der Waals surface area contributed by atoms with E-state index >= 15 is 0 Å². The number of amides is 1. The summed E-state index contributed by atoms with van der Waals surface area (Å²) in [5.41, 5.74) is 0.